The predicted octanol–water partition coefficient (Wildman–Crippen LogP) is 2.03. The number of benzene rings is 2. The SMILES string of the molecule is Cc1ccc(CCNS(=O)(=O)c2ccc3c(c2)CC(=O)N3C)cc1. The maximum atomic E-state index is 12.4. The molecule has 0 radical (unpaired) electrons. The largest absolute Gasteiger partial charge is 0.315 e. The van der Waals surface area contributed by atoms with Crippen molar-refractivity contribution < 1.29 is 13.2 Å². The Morgan fingerprint density at radius 1 is 1.12 bits per heavy atom. The monoisotopic (exact) mass is 344 g/mol. The minimum atomic E-state index is -3.57. The molecule has 0 aromatic heterocycles. The fraction of sp³-hybridized carbons (Fsp3) is 0.278. The summed E-state index contributed by atoms with van der Waals surface area (Å²) in [7, 11) is -1.88. The lowest BCUT2D eigenvalue weighted by Gasteiger charge is -2.11. The summed E-state index contributed by atoms with van der Waals surface area (Å²) in [6, 6.07) is 12.8. The van der Waals surface area contributed by atoms with Gasteiger partial charge in [-0.2, -0.15) is 0 Å². The van der Waals surface area contributed by atoms with Gasteiger partial charge in [0, 0.05) is 19.3 Å². The Morgan fingerprint density at radius 2 is 1.83 bits per heavy atom. The lowest BCUT2D eigenvalue weighted by Crippen LogP contribution is -2.26. The van der Waals surface area contributed by atoms with E-state index in [9.17, 15) is 13.2 Å². The number of aryl methyl sites for hydroxylation is 1. The number of hydrogen-bond donors (Lipinski definition) is 1. The molecule has 3 rings (SSSR count). The molecule has 0 saturated carbocycles. The Kier molecular flexibility index (Phi) is 4.43. The number of carbonyl (C=O) groups excluding carboxylic acids is 1. The van der Waals surface area contributed by atoms with Crippen LogP contribution in [-0.4, -0.2) is 27.9 Å². The van der Waals surface area contributed by atoms with Gasteiger partial charge in [0.25, 0.3) is 0 Å². The third kappa shape index (κ3) is 3.34. The maximum Gasteiger partial charge on any atom is 0.240 e. The van der Waals surface area contributed by atoms with E-state index in [1.165, 1.54) is 5.56 Å². The molecule has 6 heteroatoms. The highest BCUT2D eigenvalue weighted by molar-refractivity contribution is 7.89. The minimum Gasteiger partial charge on any atom is -0.315 e. The van der Waals surface area contributed by atoms with E-state index < -0.39 is 10.0 Å². The van der Waals surface area contributed by atoms with Crippen LogP contribution < -0.4 is 9.62 Å². The Bertz CT molecular complexity index is 874. The van der Waals surface area contributed by atoms with Crippen LogP contribution in [0.2, 0.25) is 0 Å². The smallest absolute Gasteiger partial charge is 0.240 e. The molecule has 2 aromatic carbocycles. The number of likely N-dealkylation sites (N-methyl/N-ethyl adjacent to an activating group) is 1. The maximum absolute atomic E-state index is 12.4. The summed E-state index contributed by atoms with van der Waals surface area (Å²) < 4.78 is 27.5. The zero-order chi connectivity index (χ0) is 17.3. The van der Waals surface area contributed by atoms with Gasteiger partial charge in [0.2, 0.25) is 15.9 Å². The molecular weight excluding hydrogens is 324 g/mol. The summed E-state index contributed by atoms with van der Waals surface area (Å²) >= 11 is 0. The summed E-state index contributed by atoms with van der Waals surface area (Å²) in [5, 5.41) is 0. The van der Waals surface area contributed by atoms with Crippen LogP contribution in [0.3, 0.4) is 0 Å². The van der Waals surface area contributed by atoms with Crippen molar-refractivity contribution in [2.45, 2.75) is 24.7 Å². The number of hydrogen-bond acceptors (Lipinski definition) is 3. The second kappa shape index (κ2) is 6.37. The third-order valence-electron chi connectivity index (χ3n) is 4.26. The Morgan fingerprint density at radius 3 is 2.54 bits per heavy atom. The van der Waals surface area contributed by atoms with Crippen LogP contribution in [0.5, 0.6) is 0 Å². The summed E-state index contributed by atoms with van der Waals surface area (Å²) in [5.41, 5.74) is 3.80. The molecule has 0 bridgehead atoms. The van der Waals surface area contributed by atoms with Crippen LogP contribution in [0.1, 0.15) is 16.7 Å². The van der Waals surface area contributed by atoms with Crippen molar-refractivity contribution in [3.05, 3.63) is 59.2 Å². The molecule has 1 heterocycles. The molecule has 1 aliphatic rings. The second-order valence-electron chi connectivity index (χ2n) is 6.05. The van der Waals surface area contributed by atoms with E-state index in [-0.39, 0.29) is 17.2 Å². The molecule has 0 spiro atoms. The quantitative estimate of drug-likeness (QED) is 0.902. The third-order valence-corrected chi connectivity index (χ3v) is 5.72. The number of fused-ring (bicyclic) bond motifs is 1. The van der Waals surface area contributed by atoms with E-state index in [0.29, 0.717) is 13.0 Å². The number of amides is 1. The van der Waals surface area contributed by atoms with Crippen LogP contribution in [0, 0.1) is 6.92 Å². The highest BCUT2D eigenvalue weighted by atomic mass is 32.2. The first kappa shape index (κ1) is 16.7. The number of nitrogens with one attached hydrogen (secondary N) is 1. The van der Waals surface area contributed by atoms with Crippen LogP contribution in [-0.2, 0) is 27.7 Å². The average Bonchev–Trinajstić information content (AvgIpc) is 2.83. The first-order valence-electron chi connectivity index (χ1n) is 7.81. The van der Waals surface area contributed by atoms with Gasteiger partial charge in [-0.05, 0) is 42.7 Å². The van der Waals surface area contributed by atoms with E-state index in [4.69, 9.17) is 0 Å². The van der Waals surface area contributed by atoms with Gasteiger partial charge >= 0.3 is 0 Å². The van der Waals surface area contributed by atoms with Crippen LogP contribution in [0.4, 0.5) is 5.69 Å². The van der Waals surface area contributed by atoms with Crippen molar-refractivity contribution in [3.8, 4) is 0 Å². The van der Waals surface area contributed by atoms with Crippen molar-refractivity contribution in [2.24, 2.45) is 0 Å². The molecule has 5 nitrogen and oxygen atoms in total. The molecular formula is C18H20N2O3S. The van der Waals surface area contributed by atoms with Crippen molar-refractivity contribution in [1.82, 2.24) is 4.72 Å². The first-order valence-corrected chi connectivity index (χ1v) is 9.30. The first-order chi connectivity index (χ1) is 11.4. The van der Waals surface area contributed by atoms with E-state index in [2.05, 4.69) is 4.72 Å². The molecule has 24 heavy (non-hydrogen) atoms. The normalized spacial score (nSPS) is 14.1. The number of anilines is 1. The molecule has 1 N–H and O–H groups in total. The van der Waals surface area contributed by atoms with Gasteiger partial charge in [-0.1, -0.05) is 29.8 Å². The lowest BCUT2D eigenvalue weighted by molar-refractivity contribution is -0.117. The van der Waals surface area contributed by atoms with Crippen molar-refractivity contribution in [2.75, 3.05) is 18.5 Å². The molecule has 1 amide bonds. The molecule has 0 fully saturated rings. The van der Waals surface area contributed by atoms with Gasteiger partial charge in [-0.25, -0.2) is 13.1 Å². The summed E-state index contributed by atoms with van der Waals surface area (Å²) in [6.45, 7) is 2.35. The molecule has 1 aliphatic heterocycles. The zero-order valence-corrected chi connectivity index (χ0v) is 14.6. The standard InChI is InChI=1S/C18H20N2O3S/c1-13-3-5-14(6-4-13)9-10-19-24(22,23)16-7-8-17-15(11-16)12-18(21)20(17)2/h3-8,11,19H,9-10,12H2,1-2H3. The van der Waals surface area contributed by atoms with Crippen LogP contribution >= 0.6 is 0 Å². The zero-order valence-electron chi connectivity index (χ0n) is 13.7. The van der Waals surface area contributed by atoms with E-state index in [1.807, 2.05) is 31.2 Å². The molecule has 0 atom stereocenters. The van der Waals surface area contributed by atoms with Gasteiger partial charge in [0.15, 0.2) is 0 Å². The second-order valence-corrected chi connectivity index (χ2v) is 7.82. The summed E-state index contributed by atoms with van der Waals surface area (Å²) in [5.74, 6) is -0.0214. The molecule has 2 aromatic rings. The molecule has 126 valence electrons. The van der Waals surface area contributed by atoms with Crippen molar-refractivity contribution in [1.29, 1.82) is 0 Å². The fourth-order valence-corrected chi connectivity index (χ4v) is 3.86. The molecule has 0 aliphatic carbocycles. The van der Waals surface area contributed by atoms with Gasteiger partial charge in [-0.15, -0.1) is 0 Å². The molecule has 0 saturated heterocycles. The van der Waals surface area contributed by atoms with Gasteiger partial charge in [-0.3, -0.25) is 4.79 Å². The molecule has 0 unspecified atom stereocenters. The van der Waals surface area contributed by atoms with E-state index >= 15 is 0 Å². The van der Waals surface area contributed by atoms with Gasteiger partial charge < -0.3 is 4.90 Å². The number of rotatable bonds is 5. The Balaban J connectivity index is 1.69. The number of nitrogens with zero attached hydrogens (tertiary/aromatic N) is 1. The van der Waals surface area contributed by atoms with Crippen LogP contribution in [0.25, 0.3) is 0 Å². The van der Waals surface area contributed by atoms with Gasteiger partial charge in [0.1, 0.15) is 0 Å². The average molecular weight is 344 g/mol. The fourth-order valence-electron chi connectivity index (χ4n) is 2.78. The number of carbonyl (C=O) groups is 1. The van der Waals surface area contributed by atoms with E-state index in [1.54, 1.807) is 30.1 Å². The summed E-state index contributed by atoms with van der Waals surface area (Å²) in [6.07, 6.45) is 0.879. The van der Waals surface area contributed by atoms with Gasteiger partial charge in [0.05, 0.1) is 11.3 Å². The topological polar surface area (TPSA) is 66.5 Å². The highest BCUT2D eigenvalue weighted by Gasteiger charge is 2.26. The van der Waals surface area contributed by atoms with Crippen molar-refractivity contribution in [3.63, 3.8) is 0 Å². The number of sulfonamides is 1. The minimum absolute atomic E-state index is 0.0214. The Hall–Kier alpha value is -2.18. The Labute approximate surface area is 142 Å². The predicted molar refractivity (Wildman–Crippen MR) is 93.6 cm³/mol. The van der Waals surface area contributed by atoms with Crippen molar-refractivity contribution >= 4 is 21.6 Å². The summed E-state index contributed by atoms with van der Waals surface area (Å²) in [4.78, 5) is 13.5. The van der Waals surface area contributed by atoms with Crippen LogP contribution in [0.15, 0.2) is 47.4 Å². The highest BCUT2D eigenvalue weighted by Crippen LogP contribution is 2.29. The lowest BCUT2D eigenvalue weighted by atomic mass is 10.1. The van der Waals surface area contributed by atoms with E-state index in [0.717, 1.165) is 16.8 Å².